The number of nitrogens with zero attached hydrogens (tertiary/aromatic N) is 4. The summed E-state index contributed by atoms with van der Waals surface area (Å²) in [6.45, 7) is 13.9. The van der Waals surface area contributed by atoms with Crippen molar-refractivity contribution in [2.45, 2.75) is 32.7 Å². The second-order valence-corrected chi connectivity index (χ2v) is 6.31. The van der Waals surface area contributed by atoms with E-state index in [1.165, 1.54) is 0 Å². The average molecular weight is 360 g/mol. The minimum absolute atomic E-state index is 0.341. The molecule has 1 aliphatic rings. The molecule has 0 amide bonds. The van der Waals surface area contributed by atoms with Crippen molar-refractivity contribution in [3.05, 3.63) is 58.1 Å². The van der Waals surface area contributed by atoms with Gasteiger partial charge in [0.15, 0.2) is 0 Å². The van der Waals surface area contributed by atoms with Crippen molar-refractivity contribution in [2.75, 3.05) is 13.7 Å². The predicted octanol–water partition coefficient (Wildman–Crippen LogP) is 4.19. The van der Waals surface area contributed by atoms with E-state index in [1.54, 1.807) is 25.4 Å². The quantitative estimate of drug-likeness (QED) is 0.766. The Kier molecular flexibility index (Phi) is 5.09. The van der Waals surface area contributed by atoms with E-state index in [4.69, 9.17) is 21.0 Å². The third-order valence-electron chi connectivity index (χ3n) is 4.70. The van der Waals surface area contributed by atoms with E-state index < -0.39 is 6.04 Å². The fraction of sp³-hybridized carbons (Fsp3) is 0.333. The maximum Gasteiger partial charge on any atom is 0.272 e. The van der Waals surface area contributed by atoms with Gasteiger partial charge in [-0.25, -0.2) is 16.5 Å². The molecule has 3 rings (SSSR count). The lowest BCUT2D eigenvalue weighted by atomic mass is 9.79. The lowest BCUT2D eigenvalue weighted by Gasteiger charge is -2.28. The smallest absolute Gasteiger partial charge is 0.272 e. The molecular formula is C21H20N4O2. The minimum Gasteiger partial charge on any atom is -0.496 e. The fourth-order valence-corrected chi connectivity index (χ4v) is 3.45. The molecular weight excluding hydrogens is 340 g/mol. The molecule has 0 fully saturated rings. The number of ether oxygens (including phenoxy) is 2. The fourth-order valence-electron chi connectivity index (χ4n) is 3.45. The molecule has 0 N–H and O–H groups in total. The summed E-state index contributed by atoms with van der Waals surface area (Å²) in [5.74, 6) is 0.711. The largest absolute Gasteiger partial charge is 0.496 e. The van der Waals surface area contributed by atoms with Crippen LogP contribution in [0.3, 0.4) is 0 Å². The van der Waals surface area contributed by atoms with Crippen LogP contribution in [0.4, 0.5) is 5.69 Å². The molecule has 136 valence electrons. The third-order valence-corrected chi connectivity index (χ3v) is 4.70. The van der Waals surface area contributed by atoms with Gasteiger partial charge in [0.1, 0.15) is 11.7 Å². The van der Waals surface area contributed by atoms with Crippen LogP contribution in [0.15, 0.2) is 29.4 Å². The third kappa shape index (κ3) is 3.11. The predicted molar refractivity (Wildman–Crippen MR) is 103 cm³/mol. The highest BCUT2D eigenvalue weighted by Crippen LogP contribution is 2.48. The molecule has 0 radical (unpaired) electrons. The number of rotatable bonds is 4. The average Bonchev–Trinajstić information content (AvgIpc) is 2.69. The minimum atomic E-state index is -0.498. The Morgan fingerprint density at radius 1 is 1.33 bits per heavy atom. The van der Waals surface area contributed by atoms with Gasteiger partial charge in [-0.1, -0.05) is 6.07 Å². The lowest BCUT2D eigenvalue weighted by molar-refractivity contribution is 0.321. The van der Waals surface area contributed by atoms with E-state index in [0.29, 0.717) is 23.8 Å². The second-order valence-electron chi connectivity index (χ2n) is 6.31. The number of fused-ring (bicyclic) bond motifs is 1. The number of nitriles is 1. The maximum atomic E-state index is 9.20. The first-order valence-electron chi connectivity index (χ1n) is 8.67. The highest BCUT2D eigenvalue weighted by molar-refractivity contribution is 5.96. The Hall–Kier alpha value is -3.38. The lowest BCUT2D eigenvalue weighted by Crippen LogP contribution is -2.28. The van der Waals surface area contributed by atoms with Crippen LogP contribution in [0.2, 0.25) is 0 Å². The van der Waals surface area contributed by atoms with Crippen LogP contribution in [-0.2, 0) is 0 Å². The summed E-state index contributed by atoms with van der Waals surface area (Å²) in [5, 5.41) is 9.20. The highest BCUT2D eigenvalue weighted by atomic mass is 16.5. The first kappa shape index (κ1) is 18.4. The number of aliphatic imine (C=N–C) groups is 1. The number of benzene rings is 1. The summed E-state index contributed by atoms with van der Waals surface area (Å²) in [6, 6.07) is 6.91. The molecule has 1 aliphatic heterocycles. The monoisotopic (exact) mass is 360 g/mol. The number of aryl methyl sites for hydroxylation is 1. The summed E-state index contributed by atoms with van der Waals surface area (Å²) in [7, 11) is 1.56. The zero-order valence-electron chi connectivity index (χ0n) is 15.8. The molecule has 0 bridgehead atoms. The van der Waals surface area contributed by atoms with Crippen molar-refractivity contribution < 1.29 is 9.47 Å². The summed E-state index contributed by atoms with van der Waals surface area (Å²) in [6.07, 6.45) is 1.74. The Bertz CT molecular complexity index is 998. The molecule has 0 aliphatic carbocycles. The van der Waals surface area contributed by atoms with Crippen LogP contribution in [0.5, 0.6) is 11.6 Å². The number of hydrogen-bond donors (Lipinski definition) is 0. The van der Waals surface area contributed by atoms with Crippen LogP contribution in [-0.4, -0.2) is 30.5 Å². The Balaban J connectivity index is 2.33. The molecule has 0 saturated heterocycles. The van der Waals surface area contributed by atoms with Crippen molar-refractivity contribution in [3.63, 3.8) is 0 Å². The summed E-state index contributed by atoms with van der Waals surface area (Å²) < 4.78 is 11.3. The van der Waals surface area contributed by atoms with Gasteiger partial charge in [-0.2, -0.15) is 5.26 Å². The molecule has 0 spiro atoms. The van der Waals surface area contributed by atoms with Gasteiger partial charge >= 0.3 is 0 Å². The van der Waals surface area contributed by atoms with Crippen molar-refractivity contribution in [3.8, 4) is 17.7 Å². The van der Waals surface area contributed by atoms with E-state index in [-0.39, 0.29) is 5.92 Å². The molecule has 2 aromatic rings. The van der Waals surface area contributed by atoms with E-state index in [0.717, 1.165) is 28.1 Å². The highest BCUT2D eigenvalue weighted by Gasteiger charge is 2.42. The first-order chi connectivity index (χ1) is 13.0. The van der Waals surface area contributed by atoms with Gasteiger partial charge in [-0.05, 0) is 38.5 Å². The van der Waals surface area contributed by atoms with Gasteiger partial charge in [-0.3, -0.25) is 0 Å². The Morgan fingerprint density at radius 2 is 2.11 bits per heavy atom. The van der Waals surface area contributed by atoms with E-state index in [1.807, 2.05) is 26.8 Å². The SMILES string of the molecule is [C-]#[N+]C1C(C)=Nc2c(C)cnc(OCC)c2C1c1ccc(C#N)cc1OC. The maximum absolute atomic E-state index is 9.20. The van der Waals surface area contributed by atoms with E-state index in [2.05, 4.69) is 15.9 Å². The van der Waals surface area contributed by atoms with Gasteiger partial charge in [-0.15, -0.1) is 0 Å². The molecule has 1 aromatic heterocycles. The topological polar surface area (TPSA) is 71.9 Å². The van der Waals surface area contributed by atoms with Crippen molar-refractivity contribution in [1.82, 2.24) is 4.98 Å². The Morgan fingerprint density at radius 3 is 2.74 bits per heavy atom. The molecule has 2 heterocycles. The molecule has 2 unspecified atom stereocenters. The van der Waals surface area contributed by atoms with E-state index >= 15 is 0 Å². The first-order valence-corrected chi connectivity index (χ1v) is 8.67. The van der Waals surface area contributed by atoms with Crippen molar-refractivity contribution in [2.24, 2.45) is 4.99 Å². The van der Waals surface area contributed by atoms with Crippen LogP contribution in [0.1, 0.15) is 42.0 Å². The number of hydrogen-bond acceptors (Lipinski definition) is 5. The van der Waals surface area contributed by atoms with E-state index in [9.17, 15) is 5.26 Å². The number of pyridine rings is 1. The zero-order valence-corrected chi connectivity index (χ0v) is 15.8. The molecule has 2 atom stereocenters. The standard InChI is InChI=1S/C21H20N4O2/c1-6-27-21-18-17(15-8-7-14(10-22)9-16(15)26-5)20(23-4)13(3)25-19(18)12(2)11-24-21/h7-9,11,17,20H,6H2,1-3,5H3. The molecule has 6 heteroatoms. The van der Waals surface area contributed by atoms with Gasteiger partial charge in [0.25, 0.3) is 6.04 Å². The molecule has 1 aromatic carbocycles. The summed E-state index contributed by atoms with van der Waals surface area (Å²) in [5.41, 5.74) is 4.58. The second kappa shape index (κ2) is 7.47. The normalized spacial score (nSPS) is 17.9. The van der Waals surface area contributed by atoms with Crippen LogP contribution >= 0.6 is 0 Å². The van der Waals surface area contributed by atoms with Crippen LogP contribution < -0.4 is 9.47 Å². The summed E-state index contributed by atoms with van der Waals surface area (Å²) in [4.78, 5) is 13.0. The van der Waals surface area contributed by atoms with Gasteiger partial charge in [0, 0.05) is 11.8 Å². The Labute approximate surface area is 158 Å². The molecule has 27 heavy (non-hydrogen) atoms. The van der Waals surface area contributed by atoms with Crippen molar-refractivity contribution >= 4 is 11.4 Å². The van der Waals surface area contributed by atoms with Gasteiger partial charge in [0.05, 0.1) is 42.3 Å². The van der Waals surface area contributed by atoms with Gasteiger partial charge < -0.3 is 14.3 Å². The number of methoxy groups -OCH3 is 1. The van der Waals surface area contributed by atoms with Crippen molar-refractivity contribution in [1.29, 1.82) is 5.26 Å². The number of aromatic nitrogens is 1. The summed E-state index contributed by atoms with van der Waals surface area (Å²) >= 11 is 0. The van der Waals surface area contributed by atoms with Crippen LogP contribution in [0, 0.1) is 24.8 Å². The molecule has 6 nitrogen and oxygen atoms in total. The van der Waals surface area contributed by atoms with Gasteiger partial charge in [0.2, 0.25) is 5.88 Å². The zero-order chi connectivity index (χ0) is 19.6. The molecule has 0 saturated carbocycles. The van der Waals surface area contributed by atoms with Crippen LogP contribution in [0.25, 0.3) is 4.85 Å².